The van der Waals surface area contributed by atoms with Crippen molar-refractivity contribution in [2.24, 2.45) is 0 Å². The second-order valence-corrected chi connectivity index (χ2v) is 5.99. The number of benzene rings is 1. The van der Waals surface area contributed by atoms with Gasteiger partial charge in [-0.25, -0.2) is 0 Å². The quantitative estimate of drug-likeness (QED) is 0.754. The molecule has 0 saturated heterocycles. The van der Waals surface area contributed by atoms with Crippen LogP contribution in [-0.2, 0) is 11.0 Å². The summed E-state index contributed by atoms with van der Waals surface area (Å²) in [5, 5.41) is 6.03. The predicted octanol–water partition coefficient (Wildman–Crippen LogP) is 3.22. The van der Waals surface area contributed by atoms with Crippen molar-refractivity contribution >= 4 is 22.7 Å². The van der Waals surface area contributed by atoms with E-state index >= 15 is 0 Å². The van der Waals surface area contributed by atoms with Crippen LogP contribution in [0.3, 0.4) is 0 Å². The molecule has 10 heteroatoms. The van der Waals surface area contributed by atoms with E-state index in [4.69, 9.17) is 4.52 Å². The Kier molecular flexibility index (Phi) is 4.50. The molecular formula is C17H15F3N4O3. The molecule has 142 valence electrons. The minimum atomic E-state index is -4.63. The van der Waals surface area contributed by atoms with Gasteiger partial charge in [-0.05, 0) is 32.9 Å². The van der Waals surface area contributed by atoms with E-state index in [0.717, 1.165) is 16.7 Å². The van der Waals surface area contributed by atoms with E-state index in [9.17, 15) is 22.8 Å². The highest BCUT2D eigenvalue weighted by molar-refractivity contribution is 5.94. The van der Waals surface area contributed by atoms with Crippen LogP contribution in [-0.4, -0.2) is 20.6 Å². The second-order valence-electron chi connectivity index (χ2n) is 5.99. The Morgan fingerprint density at radius 1 is 1.26 bits per heavy atom. The van der Waals surface area contributed by atoms with E-state index in [1.54, 1.807) is 6.92 Å². The van der Waals surface area contributed by atoms with Gasteiger partial charge in [0.05, 0.1) is 16.9 Å². The summed E-state index contributed by atoms with van der Waals surface area (Å²) >= 11 is 0. The molecule has 2 heterocycles. The Labute approximate surface area is 150 Å². The van der Waals surface area contributed by atoms with Crippen LogP contribution in [0.15, 0.2) is 33.6 Å². The first-order valence-corrected chi connectivity index (χ1v) is 7.93. The number of hydrogen-bond donors (Lipinski definition) is 1. The van der Waals surface area contributed by atoms with Gasteiger partial charge in [0, 0.05) is 0 Å². The number of para-hydroxylation sites is 1. The van der Waals surface area contributed by atoms with Crippen LogP contribution in [0.25, 0.3) is 11.1 Å². The van der Waals surface area contributed by atoms with Crippen LogP contribution in [0.1, 0.15) is 30.0 Å². The third-order valence-electron chi connectivity index (χ3n) is 4.15. The standard InChI is InChI=1S/C17H15F3N4O3/c1-8-13-15(27-23-8)21-10(3)24(16(13)26)9(2)14(25)22-12-7-5-4-6-11(12)17(18,19)20/h4-7,9H,1-3H3,(H,22,25). The van der Waals surface area contributed by atoms with Gasteiger partial charge in [-0.15, -0.1) is 0 Å². The molecule has 0 aliphatic rings. The highest BCUT2D eigenvalue weighted by Crippen LogP contribution is 2.34. The maximum absolute atomic E-state index is 13.1. The Morgan fingerprint density at radius 3 is 2.59 bits per heavy atom. The summed E-state index contributed by atoms with van der Waals surface area (Å²) in [6.07, 6.45) is -4.63. The Morgan fingerprint density at radius 2 is 1.93 bits per heavy atom. The number of carbonyl (C=O) groups excluding carboxylic acids is 1. The SMILES string of the molecule is Cc1noc2nc(C)n(C(C)C(=O)Nc3ccccc3C(F)(F)F)c(=O)c12. The fourth-order valence-electron chi connectivity index (χ4n) is 2.80. The second kappa shape index (κ2) is 6.53. The normalized spacial score (nSPS) is 13.0. The van der Waals surface area contributed by atoms with Crippen molar-refractivity contribution in [1.29, 1.82) is 0 Å². The van der Waals surface area contributed by atoms with Crippen LogP contribution in [0.5, 0.6) is 0 Å². The molecule has 0 bridgehead atoms. The summed E-state index contributed by atoms with van der Waals surface area (Å²) < 4.78 is 45.4. The lowest BCUT2D eigenvalue weighted by Gasteiger charge is -2.19. The number of aryl methyl sites for hydroxylation is 2. The summed E-state index contributed by atoms with van der Waals surface area (Å²) in [5.74, 6) is -0.609. The first-order valence-electron chi connectivity index (χ1n) is 7.93. The number of halogens is 3. The zero-order chi connectivity index (χ0) is 19.9. The Balaban J connectivity index is 2.00. The van der Waals surface area contributed by atoms with E-state index in [1.807, 2.05) is 0 Å². The van der Waals surface area contributed by atoms with Gasteiger partial charge in [0.25, 0.3) is 11.3 Å². The third-order valence-corrected chi connectivity index (χ3v) is 4.15. The van der Waals surface area contributed by atoms with Gasteiger partial charge >= 0.3 is 6.18 Å². The molecule has 0 saturated carbocycles. The molecule has 0 spiro atoms. The molecule has 3 aromatic rings. The van der Waals surface area contributed by atoms with Gasteiger partial charge in [-0.1, -0.05) is 17.3 Å². The highest BCUT2D eigenvalue weighted by atomic mass is 19.4. The van der Waals surface area contributed by atoms with Crippen LogP contribution in [0.4, 0.5) is 18.9 Å². The number of fused-ring (bicyclic) bond motifs is 1. The molecule has 3 rings (SSSR count). The molecule has 2 aromatic heterocycles. The minimum absolute atomic E-state index is 0.0428. The monoisotopic (exact) mass is 380 g/mol. The lowest BCUT2D eigenvalue weighted by atomic mass is 10.1. The highest BCUT2D eigenvalue weighted by Gasteiger charge is 2.34. The number of rotatable bonds is 3. The largest absolute Gasteiger partial charge is 0.418 e. The van der Waals surface area contributed by atoms with Gasteiger partial charge in [-0.2, -0.15) is 18.2 Å². The number of hydrogen-bond acceptors (Lipinski definition) is 5. The zero-order valence-corrected chi connectivity index (χ0v) is 14.6. The number of nitrogens with one attached hydrogen (secondary N) is 1. The molecule has 0 radical (unpaired) electrons. The van der Waals surface area contributed by atoms with E-state index in [1.165, 1.54) is 26.0 Å². The molecule has 27 heavy (non-hydrogen) atoms. The Bertz CT molecular complexity index is 1090. The van der Waals surface area contributed by atoms with Gasteiger partial charge in [0.1, 0.15) is 17.3 Å². The van der Waals surface area contributed by atoms with E-state index in [-0.39, 0.29) is 22.6 Å². The van der Waals surface area contributed by atoms with Crippen LogP contribution >= 0.6 is 0 Å². The molecule has 1 N–H and O–H groups in total. The molecule has 1 atom stereocenters. The smallest absolute Gasteiger partial charge is 0.335 e. The number of aromatic nitrogens is 3. The lowest BCUT2D eigenvalue weighted by molar-refractivity contribution is -0.137. The number of amides is 1. The molecule has 0 fully saturated rings. The third kappa shape index (κ3) is 3.29. The van der Waals surface area contributed by atoms with Crippen molar-refractivity contribution < 1.29 is 22.5 Å². The number of alkyl halides is 3. The molecular weight excluding hydrogens is 365 g/mol. The van der Waals surface area contributed by atoms with Gasteiger partial charge < -0.3 is 9.84 Å². The van der Waals surface area contributed by atoms with Crippen molar-refractivity contribution in [3.05, 3.63) is 51.7 Å². The number of carbonyl (C=O) groups is 1. The van der Waals surface area contributed by atoms with Crippen LogP contribution in [0, 0.1) is 13.8 Å². The summed E-state index contributed by atoms with van der Waals surface area (Å²) in [7, 11) is 0. The fourth-order valence-corrected chi connectivity index (χ4v) is 2.80. The van der Waals surface area contributed by atoms with Crippen molar-refractivity contribution in [1.82, 2.24) is 14.7 Å². The van der Waals surface area contributed by atoms with Gasteiger partial charge in [0.15, 0.2) is 0 Å². The molecule has 1 aromatic carbocycles. The predicted molar refractivity (Wildman–Crippen MR) is 90.3 cm³/mol. The Hall–Kier alpha value is -3.17. The van der Waals surface area contributed by atoms with Crippen LogP contribution in [0.2, 0.25) is 0 Å². The van der Waals surface area contributed by atoms with Crippen LogP contribution < -0.4 is 10.9 Å². The van der Waals surface area contributed by atoms with Gasteiger partial charge in [0.2, 0.25) is 5.91 Å². The summed E-state index contributed by atoms with van der Waals surface area (Å²) in [6, 6.07) is 3.51. The number of anilines is 1. The maximum atomic E-state index is 13.1. The van der Waals surface area contributed by atoms with Crippen molar-refractivity contribution in [3.8, 4) is 0 Å². The fraction of sp³-hybridized carbons (Fsp3) is 0.294. The van der Waals surface area contributed by atoms with Crippen molar-refractivity contribution in [3.63, 3.8) is 0 Å². The topological polar surface area (TPSA) is 90.0 Å². The minimum Gasteiger partial charge on any atom is -0.335 e. The van der Waals surface area contributed by atoms with Crippen molar-refractivity contribution in [2.45, 2.75) is 33.0 Å². The van der Waals surface area contributed by atoms with E-state index < -0.39 is 29.2 Å². The lowest BCUT2D eigenvalue weighted by Crippen LogP contribution is -2.34. The molecule has 7 nitrogen and oxygen atoms in total. The zero-order valence-electron chi connectivity index (χ0n) is 14.6. The van der Waals surface area contributed by atoms with Gasteiger partial charge in [-0.3, -0.25) is 14.2 Å². The molecule has 0 aliphatic carbocycles. The summed E-state index contributed by atoms with van der Waals surface area (Å²) in [5.41, 5.74) is -1.56. The molecule has 1 unspecified atom stereocenters. The molecule has 1 amide bonds. The average Bonchev–Trinajstić information content (AvgIpc) is 2.95. The molecule has 0 aliphatic heterocycles. The summed E-state index contributed by atoms with van der Waals surface area (Å²) in [4.78, 5) is 29.4. The van der Waals surface area contributed by atoms with Crippen molar-refractivity contribution in [2.75, 3.05) is 5.32 Å². The van der Waals surface area contributed by atoms with E-state index in [0.29, 0.717) is 5.69 Å². The average molecular weight is 380 g/mol. The summed E-state index contributed by atoms with van der Waals surface area (Å²) in [6.45, 7) is 4.45. The van der Waals surface area contributed by atoms with E-state index in [2.05, 4.69) is 15.5 Å². The number of nitrogens with zero attached hydrogens (tertiary/aromatic N) is 3. The first kappa shape index (κ1) is 18.6. The first-order chi connectivity index (χ1) is 12.6. The maximum Gasteiger partial charge on any atom is 0.418 e.